The highest BCUT2D eigenvalue weighted by Gasteiger charge is 2.29. The molecule has 0 spiro atoms. The van der Waals surface area contributed by atoms with E-state index in [9.17, 15) is 9.90 Å². The Morgan fingerprint density at radius 3 is 2.68 bits per heavy atom. The van der Waals surface area contributed by atoms with Crippen LogP contribution in [-0.2, 0) is 11.3 Å². The zero-order valence-electron chi connectivity index (χ0n) is 13.1. The van der Waals surface area contributed by atoms with Crippen molar-refractivity contribution in [3.63, 3.8) is 0 Å². The summed E-state index contributed by atoms with van der Waals surface area (Å²) < 4.78 is 5.17. The van der Waals surface area contributed by atoms with Crippen molar-refractivity contribution in [3.8, 4) is 0 Å². The van der Waals surface area contributed by atoms with Crippen molar-refractivity contribution < 1.29 is 14.6 Å². The van der Waals surface area contributed by atoms with Gasteiger partial charge in [0, 0.05) is 18.0 Å². The number of rotatable bonds is 6. The van der Waals surface area contributed by atoms with E-state index >= 15 is 0 Å². The van der Waals surface area contributed by atoms with Gasteiger partial charge in [-0.25, -0.2) is 4.79 Å². The highest BCUT2D eigenvalue weighted by molar-refractivity contribution is 7.98. The topological polar surface area (TPSA) is 61.8 Å². The Bertz CT molecular complexity index is 481. The molecule has 2 N–H and O–H groups in total. The summed E-state index contributed by atoms with van der Waals surface area (Å²) in [5, 5.41) is 12.6. The van der Waals surface area contributed by atoms with Gasteiger partial charge in [0.25, 0.3) is 0 Å². The lowest BCUT2D eigenvalue weighted by Crippen LogP contribution is -2.49. The highest BCUT2D eigenvalue weighted by Crippen LogP contribution is 2.16. The largest absolute Gasteiger partial charge is 0.388 e. The van der Waals surface area contributed by atoms with Crippen molar-refractivity contribution in [2.24, 2.45) is 0 Å². The van der Waals surface area contributed by atoms with Crippen molar-refractivity contribution in [1.29, 1.82) is 0 Å². The van der Waals surface area contributed by atoms with Crippen LogP contribution in [0.5, 0.6) is 0 Å². The van der Waals surface area contributed by atoms with Crippen LogP contribution in [0.3, 0.4) is 0 Å². The second-order valence-corrected chi connectivity index (χ2v) is 6.31. The zero-order valence-corrected chi connectivity index (χ0v) is 13.9. The molecule has 22 heavy (non-hydrogen) atoms. The van der Waals surface area contributed by atoms with Gasteiger partial charge in [-0.2, -0.15) is 0 Å². The first-order valence-corrected chi connectivity index (χ1v) is 8.80. The van der Waals surface area contributed by atoms with Gasteiger partial charge in [0.2, 0.25) is 0 Å². The van der Waals surface area contributed by atoms with Crippen LogP contribution in [0.2, 0.25) is 0 Å². The van der Waals surface area contributed by atoms with Crippen molar-refractivity contribution >= 4 is 17.8 Å². The van der Waals surface area contributed by atoms with Gasteiger partial charge in [0.15, 0.2) is 0 Å². The van der Waals surface area contributed by atoms with Crippen LogP contribution >= 0.6 is 11.8 Å². The quantitative estimate of drug-likeness (QED) is 0.787. The van der Waals surface area contributed by atoms with Crippen molar-refractivity contribution in [2.45, 2.75) is 36.9 Å². The number of urea groups is 1. The number of nitrogens with one attached hydrogen (secondary N) is 1. The first kappa shape index (κ1) is 17.1. The lowest BCUT2D eigenvalue weighted by Gasteiger charge is -2.25. The Hall–Kier alpha value is -1.24. The average molecular weight is 324 g/mol. The van der Waals surface area contributed by atoms with E-state index in [1.54, 1.807) is 16.7 Å². The first-order valence-electron chi connectivity index (χ1n) is 7.58. The molecule has 0 saturated carbocycles. The van der Waals surface area contributed by atoms with E-state index in [1.807, 2.05) is 13.2 Å². The van der Waals surface area contributed by atoms with Crippen LogP contribution in [0.25, 0.3) is 0 Å². The van der Waals surface area contributed by atoms with E-state index in [2.05, 4.69) is 29.6 Å². The Kier molecular flexibility index (Phi) is 6.54. The fourth-order valence-electron chi connectivity index (χ4n) is 2.40. The fraction of sp³-hybridized carbons (Fsp3) is 0.562. The fourth-order valence-corrected chi connectivity index (χ4v) is 2.81. The number of nitrogens with zero attached hydrogens (tertiary/aromatic N) is 1. The van der Waals surface area contributed by atoms with Gasteiger partial charge in [0.05, 0.1) is 25.4 Å². The molecule has 0 radical (unpaired) electrons. The molecule has 1 heterocycles. The predicted molar refractivity (Wildman–Crippen MR) is 88.1 cm³/mol. The summed E-state index contributed by atoms with van der Waals surface area (Å²) >= 11 is 1.70. The number of hydrogen-bond acceptors (Lipinski definition) is 4. The maximum Gasteiger partial charge on any atom is 0.318 e. The molecular formula is C16H24N2O3S. The van der Waals surface area contributed by atoms with E-state index in [1.165, 1.54) is 4.90 Å². The maximum atomic E-state index is 12.4. The van der Waals surface area contributed by atoms with Gasteiger partial charge < -0.3 is 20.1 Å². The van der Waals surface area contributed by atoms with E-state index in [-0.39, 0.29) is 18.7 Å². The van der Waals surface area contributed by atoms with E-state index in [4.69, 9.17) is 4.74 Å². The predicted octanol–water partition coefficient (Wildman–Crippen LogP) is 2.09. The number of aliphatic hydroxyl groups is 1. The Labute approximate surface area is 136 Å². The smallest absolute Gasteiger partial charge is 0.318 e. The van der Waals surface area contributed by atoms with E-state index < -0.39 is 6.10 Å². The summed E-state index contributed by atoms with van der Waals surface area (Å²) in [7, 11) is 0. The first-order chi connectivity index (χ1) is 10.6. The molecule has 0 aliphatic carbocycles. The standard InChI is InChI=1S/C16H24N2O3S/c1-3-8-18(9-12-4-6-13(22-2)7-5-12)16(20)17-14-10-21-11-15(14)19/h4-7,14-15,19H,3,8-11H2,1-2H3,(H,17,20)/t14-,15-/m0/s1. The number of aliphatic hydroxyl groups excluding tert-OH is 1. The van der Waals surface area contributed by atoms with Gasteiger partial charge in [-0.15, -0.1) is 11.8 Å². The molecule has 1 aliphatic rings. The molecule has 5 nitrogen and oxygen atoms in total. The number of benzene rings is 1. The van der Waals surface area contributed by atoms with Gasteiger partial charge in [0.1, 0.15) is 0 Å². The van der Waals surface area contributed by atoms with E-state index in [0.29, 0.717) is 19.7 Å². The molecule has 0 unspecified atom stereocenters. The summed E-state index contributed by atoms with van der Waals surface area (Å²) in [5.41, 5.74) is 1.10. The second-order valence-electron chi connectivity index (χ2n) is 5.43. The van der Waals surface area contributed by atoms with E-state index in [0.717, 1.165) is 12.0 Å². The molecule has 2 atom stereocenters. The average Bonchev–Trinajstić information content (AvgIpc) is 2.92. The Morgan fingerprint density at radius 2 is 2.14 bits per heavy atom. The molecule has 1 fully saturated rings. The SMILES string of the molecule is CCCN(Cc1ccc(SC)cc1)C(=O)N[C@H]1COC[C@@H]1O. The number of carbonyl (C=O) groups excluding carboxylic acids is 1. The zero-order chi connectivity index (χ0) is 15.9. The number of ether oxygens (including phenoxy) is 1. The third-order valence-electron chi connectivity index (χ3n) is 3.67. The Balaban J connectivity index is 1.96. The summed E-state index contributed by atoms with van der Waals surface area (Å²) in [5.74, 6) is 0. The number of hydrogen-bond donors (Lipinski definition) is 2. The molecule has 0 bridgehead atoms. The van der Waals surface area contributed by atoms with Crippen molar-refractivity contribution in [1.82, 2.24) is 10.2 Å². The van der Waals surface area contributed by atoms with Crippen LogP contribution in [0.15, 0.2) is 29.2 Å². The summed E-state index contributed by atoms with van der Waals surface area (Å²) in [4.78, 5) is 15.4. The molecule has 2 amide bonds. The number of thioether (sulfide) groups is 1. The third kappa shape index (κ3) is 4.63. The lowest BCUT2D eigenvalue weighted by atomic mass is 10.2. The van der Waals surface area contributed by atoms with Crippen LogP contribution < -0.4 is 5.32 Å². The van der Waals surface area contributed by atoms with Gasteiger partial charge >= 0.3 is 6.03 Å². The summed E-state index contributed by atoms with van der Waals surface area (Å²) in [6.07, 6.45) is 2.31. The van der Waals surface area contributed by atoms with Crippen molar-refractivity contribution in [3.05, 3.63) is 29.8 Å². The number of amides is 2. The second kappa shape index (κ2) is 8.41. The summed E-state index contributed by atoms with van der Waals surface area (Å²) in [6, 6.07) is 7.77. The minimum atomic E-state index is -0.617. The molecule has 1 aliphatic heterocycles. The maximum absolute atomic E-state index is 12.4. The molecule has 0 aromatic heterocycles. The molecule has 1 aromatic rings. The molecule has 122 valence electrons. The van der Waals surface area contributed by atoms with Gasteiger partial charge in [-0.3, -0.25) is 0 Å². The molecular weight excluding hydrogens is 300 g/mol. The Morgan fingerprint density at radius 1 is 1.41 bits per heavy atom. The minimum absolute atomic E-state index is 0.148. The normalized spacial score (nSPS) is 20.9. The molecule has 1 aromatic carbocycles. The molecule has 2 rings (SSSR count). The van der Waals surface area contributed by atoms with Gasteiger partial charge in [-0.05, 0) is 30.4 Å². The van der Waals surface area contributed by atoms with Crippen LogP contribution in [0.4, 0.5) is 4.79 Å². The van der Waals surface area contributed by atoms with Crippen LogP contribution in [0, 0.1) is 0 Å². The highest BCUT2D eigenvalue weighted by atomic mass is 32.2. The van der Waals surface area contributed by atoms with Crippen molar-refractivity contribution in [2.75, 3.05) is 26.0 Å². The lowest BCUT2D eigenvalue weighted by molar-refractivity contribution is 0.121. The monoisotopic (exact) mass is 324 g/mol. The van der Waals surface area contributed by atoms with Crippen LogP contribution in [0.1, 0.15) is 18.9 Å². The van der Waals surface area contributed by atoms with Crippen LogP contribution in [-0.4, -0.2) is 54.2 Å². The third-order valence-corrected chi connectivity index (χ3v) is 4.42. The molecule has 6 heteroatoms. The summed E-state index contributed by atoms with van der Waals surface area (Å²) in [6.45, 7) is 3.95. The molecule has 1 saturated heterocycles. The number of carbonyl (C=O) groups is 1. The minimum Gasteiger partial charge on any atom is -0.388 e. The van der Waals surface area contributed by atoms with Gasteiger partial charge in [-0.1, -0.05) is 19.1 Å².